The summed E-state index contributed by atoms with van der Waals surface area (Å²) in [5.74, 6) is 1.38. The van der Waals surface area contributed by atoms with E-state index in [1.807, 2.05) is 12.1 Å². The van der Waals surface area contributed by atoms with E-state index in [0.717, 1.165) is 25.2 Å². The van der Waals surface area contributed by atoms with Crippen LogP contribution in [-0.2, 0) is 6.42 Å². The molecule has 0 fully saturated rings. The number of fused-ring (bicyclic) bond motifs is 1. The van der Waals surface area contributed by atoms with Crippen LogP contribution in [-0.4, -0.2) is 6.61 Å². The lowest BCUT2D eigenvalue weighted by Gasteiger charge is -2.35. The van der Waals surface area contributed by atoms with Crippen LogP contribution in [0.5, 0.6) is 5.75 Å². The first-order chi connectivity index (χ1) is 9.79. The standard InChI is InChI=1S/C18H21NO/c1-2-11-20-15-9-7-13(8-10-15)18(19)17-12-14-5-3-4-6-16(14)17/h3-10,17-18H,2,11-12,19H2,1H3. The highest BCUT2D eigenvalue weighted by Gasteiger charge is 2.31. The highest BCUT2D eigenvalue weighted by molar-refractivity contribution is 5.43. The third kappa shape index (κ3) is 2.44. The molecule has 104 valence electrons. The molecule has 0 radical (unpaired) electrons. The van der Waals surface area contributed by atoms with Gasteiger partial charge in [0.1, 0.15) is 5.75 Å². The molecular formula is C18H21NO. The Morgan fingerprint density at radius 3 is 2.60 bits per heavy atom. The molecular weight excluding hydrogens is 246 g/mol. The maximum Gasteiger partial charge on any atom is 0.119 e. The Morgan fingerprint density at radius 1 is 1.15 bits per heavy atom. The minimum atomic E-state index is 0.0742. The largest absolute Gasteiger partial charge is 0.494 e. The van der Waals surface area contributed by atoms with Crippen molar-refractivity contribution in [3.8, 4) is 5.75 Å². The third-order valence-electron chi connectivity index (χ3n) is 4.07. The van der Waals surface area contributed by atoms with Crippen LogP contribution in [0.1, 0.15) is 42.0 Å². The summed E-state index contributed by atoms with van der Waals surface area (Å²) in [4.78, 5) is 0. The Morgan fingerprint density at radius 2 is 1.90 bits per heavy atom. The average molecular weight is 267 g/mol. The zero-order chi connectivity index (χ0) is 13.9. The van der Waals surface area contributed by atoms with Gasteiger partial charge < -0.3 is 10.5 Å². The highest BCUT2D eigenvalue weighted by Crippen LogP contribution is 2.42. The van der Waals surface area contributed by atoms with Gasteiger partial charge in [0.25, 0.3) is 0 Å². The molecule has 1 aliphatic rings. The Balaban J connectivity index is 1.71. The van der Waals surface area contributed by atoms with E-state index in [1.165, 1.54) is 16.7 Å². The Labute approximate surface area is 120 Å². The van der Waals surface area contributed by atoms with E-state index in [0.29, 0.717) is 5.92 Å². The van der Waals surface area contributed by atoms with Crippen LogP contribution in [0, 0.1) is 0 Å². The monoisotopic (exact) mass is 267 g/mol. The molecule has 2 aromatic carbocycles. The van der Waals surface area contributed by atoms with Crippen molar-refractivity contribution in [1.29, 1.82) is 0 Å². The van der Waals surface area contributed by atoms with Gasteiger partial charge in [-0.25, -0.2) is 0 Å². The minimum Gasteiger partial charge on any atom is -0.494 e. The number of rotatable bonds is 5. The molecule has 2 N–H and O–H groups in total. The predicted molar refractivity (Wildman–Crippen MR) is 82.0 cm³/mol. The maximum absolute atomic E-state index is 6.42. The number of nitrogens with two attached hydrogens (primary N) is 1. The number of hydrogen-bond acceptors (Lipinski definition) is 2. The van der Waals surface area contributed by atoms with Gasteiger partial charge in [0.15, 0.2) is 0 Å². The van der Waals surface area contributed by atoms with Crippen molar-refractivity contribution in [3.05, 3.63) is 65.2 Å². The number of hydrogen-bond donors (Lipinski definition) is 1. The topological polar surface area (TPSA) is 35.2 Å². The van der Waals surface area contributed by atoms with Crippen LogP contribution in [0.25, 0.3) is 0 Å². The Bertz CT molecular complexity index is 576. The summed E-state index contributed by atoms with van der Waals surface area (Å²) < 4.78 is 5.61. The minimum absolute atomic E-state index is 0.0742. The Kier molecular flexibility index (Phi) is 3.75. The molecule has 2 heteroatoms. The van der Waals surface area contributed by atoms with Gasteiger partial charge in [-0.05, 0) is 41.7 Å². The van der Waals surface area contributed by atoms with Crippen LogP contribution in [0.2, 0.25) is 0 Å². The molecule has 0 aliphatic heterocycles. The van der Waals surface area contributed by atoms with E-state index >= 15 is 0 Å². The molecule has 0 amide bonds. The molecule has 2 nitrogen and oxygen atoms in total. The van der Waals surface area contributed by atoms with Gasteiger partial charge >= 0.3 is 0 Å². The molecule has 1 aliphatic carbocycles. The van der Waals surface area contributed by atoms with Crippen molar-refractivity contribution in [3.63, 3.8) is 0 Å². The first-order valence-electron chi connectivity index (χ1n) is 7.35. The van der Waals surface area contributed by atoms with Crippen LogP contribution >= 0.6 is 0 Å². The van der Waals surface area contributed by atoms with Crippen molar-refractivity contribution in [1.82, 2.24) is 0 Å². The average Bonchev–Trinajstić information content (AvgIpc) is 2.47. The maximum atomic E-state index is 6.42. The smallest absolute Gasteiger partial charge is 0.119 e. The summed E-state index contributed by atoms with van der Waals surface area (Å²) in [5, 5.41) is 0. The lowest BCUT2D eigenvalue weighted by molar-refractivity contribution is 0.317. The van der Waals surface area contributed by atoms with Gasteiger partial charge in [0, 0.05) is 12.0 Å². The van der Waals surface area contributed by atoms with Gasteiger partial charge in [-0.15, -0.1) is 0 Å². The third-order valence-corrected chi connectivity index (χ3v) is 4.07. The van der Waals surface area contributed by atoms with Gasteiger partial charge in [0.2, 0.25) is 0 Å². The van der Waals surface area contributed by atoms with Crippen LogP contribution < -0.4 is 10.5 Å². The fourth-order valence-electron chi connectivity index (χ4n) is 2.86. The van der Waals surface area contributed by atoms with Crippen molar-refractivity contribution in [2.45, 2.75) is 31.7 Å². The first kappa shape index (κ1) is 13.2. The lowest BCUT2D eigenvalue weighted by atomic mass is 9.72. The molecule has 0 saturated heterocycles. The van der Waals surface area contributed by atoms with E-state index in [1.54, 1.807) is 0 Å². The first-order valence-corrected chi connectivity index (χ1v) is 7.35. The molecule has 3 rings (SSSR count). The normalized spacial score (nSPS) is 18.0. The second-order valence-corrected chi connectivity index (χ2v) is 5.45. The molecule has 0 aromatic heterocycles. The Hall–Kier alpha value is -1.80. The van der Waals surface area contributed by atoms with E-state index in [9.17, 15) is 0 Å². The summed E-state index contributed by atoms with van der Waals surface area (Å²) in [5.41, 5.74) is 10.5. The van der Waals surface area contributed by atoms with E-state index in [2.05, 4.69) is 43.3 Å². The van der Waals surface area contributed by atoms with E-state index in [4.69, 9.17) is 10.5 Å². The van der Waals surface area contributed by atoms with E-state index in [-0.39, 0.29) is 6.04 Å². The summed E-state index contributed by atoms with van der Waals surface area (Å²) in [6.45, 7) is 2.87. The zero-order valence-corrected chi connectivity index (χ0v) is 11.9. The van der Waals surface area contributed by atoms with Gasteiger partial charge in [-0.2, -0.15) is 0 Å². The van der Waals surface area contributed by atoms with Crippen LogP contribution in [0.3, 0.4) is 0 Å². The van der Waals surface area contributed by atoms with Crippen LogP contribution in [0.4, 0.5) is 0 Å². The van der Waals surface area contributed by atoms with E-state index < -0.39 is 0 Å². The van der Waals surface area contributed by atoms with Crippen molar-refractivity contribution in [2.75, 3.05) is 6.61 Å². The second kappa shape index (κ2) is 5.68. The second-order valence-electron chi connectivity index (χ2n) is 5.45. The summed E-state index contributed by atoms with van der Waals surface area (Å²) in [6.07, 6.45) is 2.12. The summed E-state index contributed by atoms with van der Waals surface area (Å²) in [7, 11) is 0. The predicted octanol–water partition coefficient (Wildman–Crippen LogP) is 3.82. The van der Waals surface area contributed by atoms with Gasteiger partial charge in [-0.3, -0.25) is 0 Å². The van der Waals surface area contributed by atoms with Gasteiger partial charge in [0.05, 0.1) is 6.61 Å². The summed E-state index contributed by atoms with van der Waals surface area (Å²) in [6, 6.07) is 16.9. The molecule has 0 heterocycles. The molecule has 2 unspecified atom stereocenters. The molecule has 2 aromatic rings. The SMILES string of the molecule is CCCOc1ccc(C(N)C2Cc3ccccc32)cc1. The molecule has 2 atom stereocenters. The number of benzene rings is 2. The van der Waals surface area contributed by atoms with Crippen molar-refractivity contribution < 1.29 is 4.74 Å². The summed E-state index contributed by atoms with van der Waals surface area (Å²) >= 11 is 0. The molecule has 0 spiro atoms. The number of ether oxygens (including phenoxy) is 1. The quantitative estimate of drug-likeness (QED) is 0.894. The fourth-order valence-corrected chi connectivity index (χ4v) is 2.86. The van der Waals surface area contributed by atoms with Crippen molar-refractivity contribution >= 4 is 0 Å². The zero-order valence-electron chi connectivity index (χ0n) is 11.9. The molecule has 20 heavy (non-hydrogen) atoms. The fraction of sp³-hybridized carbons (Fsp3) is 0.333. The van der Waals surface area contributed by atoms with Crippen molar-refractivity contribution in [2.24, 2.45) is 5.73 Å². The van der Waals surface area contributed by atoms with Gasteiger partial charge in [-0.1, -0.05) is 43.3 Å². The van der Waals surface area contributed by atoms with Crippen LogP contribution in [0.15, 0.2) is 48.5 Å². The molecule has 0 saturated carbocycles. The molecule has 0 bridgehead atoms. The lowest BCUT2D eigenvalue weighted by Crippen LogP contribution is -2.28. The highest BCUT2D eigenvalue weighted by atomic mass is 16.5.